The minimum atomic E-state index is 0.0130. The molecule has 1 heterocycles. The van der Waals surface area contributed by atoms with Gasteiger partial charge in [-0.05, 0) is 18.4 Å². The molecule has 2 nitrogen and oxygen atoms in total. The maximum absolute atomic E-state index is 11.8. The van der Waals surface area contributed by atoms with Gasteiger partial charge >= 0.3 is 5.97 Å². The minimum Gasteiger partial charge on any atom is -0.457 e. The van der Waals surface area contributed by atoms with Gasteiger partial charge in [0.15, 0.2) is 0 Å². The molecule has 0 aromatic heterocycles. The Kier molecular flexibility index (Phi) is 2.43. The highest BCUT2D eigenvalue weighted by molar-refractivity contribution is 5.75. The van der Waals surface area contributed by atoms with Crippen LogP contribution >= 0.6 is 0 Å². The van der Waals surface area contributed by atoms with E-state index in [1.54, 1.807) is 0 Å². The SMILES string of the molecule is O=C1O[C@@H](c2ccccc2)[C@@H]2CCCC[C@H]12. The Balaban J connectivity index is 1.89. The average molecular weight is 216 g/mol. The molecule has 0 unspecified atom stereocenters. The summed E-state index contributed by atoms with van der Waals surface area (Å²) in [4.78, 5) is 11.8. The molecule has 0 amide bonds. The normalized spacial score (nSPS) is 33.2. The predicted octanol–water partition coefficient (Wildman–Crippen LogP) is 3.09. The number of benzene rings is 1. The Morgan fingerprint density at radius 3 is 2.62 bits per heavy atom. The molecule has 16 heavy (non-hydrogen) atoms. The molecule has 2 fully saturated rings. The zero-order valence-electron chi connectivity index (χ0n) is 9.26. The van der Waals surface area contributed by atoms with Crippen LogP contribution in [0.1, 0.15) is 37.4 Å². The van der Waals surface area contributed by atoms with E-state index >= 15 is 0 Å². The van der Waals surface area contributed by atoms with Crippen molar-refractivity contribution in [1.82, 2.24) is 0 Å². The molecule has 1 saturated carbocycles. The van der Waals surface area contributed by atoms with Gasteiger partial charge < -0.3 is 4.74 Å². The van der Waals surface area contributed by atoms with Gasteiger partial charge in [0.1, 0.15) is 6.10 Å². The quantitative estimate of drug-likeness (QED) is 0.674. The van der Waals surface area contributed by atoms with E-state index < -0.39 is 0 Å². The number of esters is 1. The van der Waals surface area contributed by atoms with E-state index in [0.29, 0.717) is 5.92 Å². The lowest BCUT2D eigenvalue weighted by Crippen LogP contribution is -2.21. The van der Waals surface area contributed by atoms with Gasteiger partial charge in [-0.2, -0.15) is 0 Å². The lowest BCUT2D eigenvalue weighted by Gasteiger charge is -2.24. The minimum absolute atomic E-state index is 0.0130. The van der Waals surface area contributed by atoms with Crippen molar-refractivity contribution < 1.29 is 9.53 Å². The highest BCUT2D eigenvalue weighted by Gasteiger charge is 2.45. The van der Waals surface area contributed by atoms with Crippen molar-refractivity contribution in [3.8, 4) is 0 Å². The second-order valence-electron chi connectivity index (χ2n) is 4.82. The molecule has 0 bridgehead atoms. The Morgan fingerprint density at radius 1 is 1.06 bits per heavy atom. The number of fused-ring (bicyclic) bond motifs is 1. The number of hydrogen-bond donors (Lipinski definition) is 0. The number of hydrogen-bond acceptors (Lipinski definition) is 2. The summed E-state index contributed by atoms with van der Waals surface area (Å²) >= 11 is 0. The number of carbonyl (C=O) groups is 1. The molecule has 2 heteroatoms. The molecule has 0 spiro atoms. The fourth-order valence-corrected chi connectivity index (χ4v) is 3.07. The van der Waals surface area contributed by atoms with Crippen molar-refractivity contribution in [2.45, 2.75) is 31.8 Å². The summed E-state index contributed by atoms with van der Waals surface area (Å²) in [6.07, 6.45) is 4.58. The fraction of sp³-hybridized carbons (Fsp3) is 0.500. The molecule has 1 saturated heterocycles. The molecule has 1 aromatic rings. The summed E-state index contributed by atoms with van der Waals surface area (Å²) in [6.45, 7) is 0. The number of cyclic esters (lactones) is 1. The third-order valence-corrected chi connectivity index (χ3v) is 3.88. The summed E-state index contributed by atoms with van der Waals surface area (Å²) < 4.78 is 5.56. The van der Waals surface area contributed by atoms with E-state index in [1.165, 1.54) is 12.8 Å². The van der Waals surface area contributed by atoms with E-state index in [1.807, 2.05) is 18.2 Å². The van der Waals surface area contributed by atoms with Crippen molar-refractivity contribution in [3.63, 3.8) is 0 Å². The van der Waals surface area contributed by atoms with Gasteiger partial charge in [-0.15, -0.1) is 0 Å². The summed E-state index contributed by atoms with van der Waals surface area (Å²) in [6, 6.07) is 10.2. The molecule has 0 N–H and O–H groups in total. The molecule has 1 aliphatic heterocycles. The predicted molar refractivity (Wildman–Crippen MR) is 60.7 cm³/mol. The lowest BCUT2D eigenvalue weighted by atomic mass is 9.77. The number of rotatable bonds is 1. The van der Waals surface area contributed by atoms with Crippen molar-refractivity contribution in [3.05, 3.63) is 35.9 Å². The van der Waals surface area contributed by atoms with Crippen LogP contribution in [0.5, 0.6) is 0 Å². The topological polar surface area (TPSA) is 26.3 Å². The van der Waals surface area contributed by atoms with Gasteiger partial charge in [0.2, 0.25) is 0 Å². The Hall–Kier alpha value is -1.31. The Labute approximate surface area is 95.6 Å². The van der Waals surface area contributed by atoms with Crippen molar-refractivity contribution >= 4 is 5.97 Å². The van der Waals surface area contributed by atoms with Crippen LogP contribution in [0.3, 0.4) is 0 Å². The van der Waals surface area contributed by atoms with E-state index in [2.05, 4.69) is 12.1 Å². The molecule has 0 radical (unpaired) electrons. The fourth-order valence-electron chi connectivity index (χ4n) is 3.07. The van der Waals surface area contributed by atoms with Gasteiger partial charge in [-0.1, -0.05) is 43.2 Å². The van der Waals surface area contributed by atoms with Crippen LogP contribution in [0.4, 0.5) is 0 Å². The standard InChI is InChI=1S/C14H16O2/c15-14-12-9-5-4-8-11(12)13(16-14)10-6-2-1-3-7-10/h1-3,6-7,11-13H,4-5,8-9H2/t11-,12+,13+/m1/s1. The maximum atomic E-state index is 11.8. The third kappa shape index (κ3) is 1.53. The number of ether oxygens (including phenoxy) is 1. The Bertz CT molecular complexity index is 385. The molecule has 1 aliphatic carbocycles. The number of carbonyl (C=O) groups excluding carboxylic acids is 1. The van der Waals surface area contributed by atoms with Crippen molar-refractivity contribution in [2.24, 2.45) is 11.8 Å². The zero-order valence-corrected chi connectivity index (χ0v) is 9.26. The molecule has 3 atom stereocenters. The maximum Gasteiger partial charge on any atom is 0.309 e. The average Bonchev–Trinajstić information content (AvgIpc) is 2.69. The first-order valence-electron chi connectivity index (χ1n) is 6.12. The van der Waals surface area contributed by atoms with Gasteiger partial charge in [0, 0.05) is 5.92 Å². The smallest absolute Gasteiger partial charge is 0.309 e. The van der Waals surface area contributed by atoms with Crippen molar-refractivity contribution in [1.29, 1.82) is 0 Å². The van der Waals surface area contributed by atoms with E-state index in [0.717, 1.165) is 18.4 Å². The first kappa shape index (κ1) is 9.88. The van der Waals surface area contributed by atoms with Crippen LogP contribution in [-0.4, -0.2) is 5.97 Å². The van der Waals surface area contributed by atoms with Crippen LogP contribution in [-0.2, 0) is 9.53 Å². The molecule has 1 aromatic carbocycles. The van der Waals surface area contributed by atoms with E-state index in [-0.39, 0.29) is 18.0 Å². The van der Waals surface area contributed by atoms with Gasteiger partial charge in [0.25, 0.3) is 0 Å². The highest BCUT2D eigenvalue weighted by Crippen LogP contribution is 2.46. The molecule has 2 aliphatic rings. The zero-order chi connectivity index (χ0) is 11.0. The summed E-state index contributed by atoms with van der Waals surface area (Å²) in [5.74, 6) is 0.612. The summed E-state index contributed by atoms with van der Waals surface area (Å²) in [7, 11) is 0. The van der Waals surface area contributed by atoms with Crippen LogP contribution in [0.25, 0.3) is 0 Å². The van der Waals surface area contributed by atoms with Crippen molar-refractivity contribution in [2.75, 3.05) is 0 Å². The van der Waals surface area contributed by atoms with Crippen LogP contribution in [0.2, 0.25) is 0 Å². The van der Waals surface area contributed by atoms with Crippen LogP contribution in [0.15, 0.2) is 30.3 Å². The van der Waals surface area contributed by atoms with Crippen LogP contribution in [0, 0.1) is 11.8 Å². The van der Waals surface area contributed by atoms with Gasteiger partial charge in [-0.25, -0.2) is 0 Å². The van der Waals surface area contributed by atoms with Gasteiger partial charge in [-0.3, -0.25) is 4.79 Å². The molecular formula is C14H16O2. The molecule has 84 valence electrons. The van der Waals surface area contributed by atoms with E-state index in [4.69, 9.17) is 4.74 Å². The van der Waals surface area contributed by atoms with E-state index in [9.17, 15) is 4.79 Å². The second-order valence-corrected chi connectivity index (χ2v) is 4.82. The Morgan fingerprint density at radius 2 is 1.81 bits per heavy atom. The first-order chi connectivity index (χ1) is 7.86. The third-order valence-electron chi connectivity index (χ3n) is 3.88. The highest BCUT2D eigenvalue weighted by atomic mass is 16.6. The monoisotopic (exact) mass is 216 g/mol. The van der Waals surface area contributed by atoms with Gasteiger partial charge in [0.05, 0.1) is 5.92 Å². The molecular weight excluding hydrogens is 200 g/mol. The summed E-state index contributed by atoms with van der Waals surface area (Å²) in [5.41, 5.74) is 1.16. The second kappa shape index (κ2) is 3.93. The van der Waals surface area contributed by atoms with Crippen LogP contribution < -0.4 is 0 Å². The first-order valence-corrected chi connectivity index (χ1v) is 6.12. The largest absolute Gasteiger partial charge is 0.457 e. The molecule has 3 rings (SSSR count). The lowest BCUT2D eigenvalue weighted by molar-refractivity contribution is -0.144. The summed E-state index contributed by atoms with van der Waals surface area (Å²) in [5, 5.41) is 0.